The number of nitrogens with one attached hydrogen (secondary N) is 1. The molecule has 0 saturated carbocycles. The van der Waals surface area contributed by atoms with Gasteiger partial charge in [-0.15, -0.1) is 11.3 Å². The first-order valence-electron chi connectivity index (χ1n) is 8.10. The molecule has 0 radical (unpaired) electrons. The van der Waals surface area contributed by atoms with Crippen molar-refractivity contribution in [1.82, 2.24) is 10.3 Å². The second-order valence-electron chi connectivity index (χ2n) is 6.25. The molecule has 0 bridgehead atoms. The van der Waals surface area contributed by atoms with Crippen molar-refractivity contribution in [2.24, 2.45) is 5.92 Å². The van der Waals surface area contributed by atoms with Crippen LogP contribution in [0.2, 0.25) is 0 Å². The fraction of sp³-hybridized carbons (Fsp3) is 0.444. The lowest BCUT2D eigenvalue weighted by molar-refractivity contribution is 0.0928. The van der Waals surface area contributed by atoms with E-state index in [2.05, 4.69) is 24.1 Å². The minimum atomic E-state index is -0.102. The first kappa shape index (κ1) is 16.8. The fourth-order valence-electron chi connectivity index (χ4n) is 2.84. The largest absolute Gasteiger partial charge is 0.486 e. The van der Waals surface area contributed by atoms with Crippen LogP contribution in [-0.4, -0.2) is 24.1 Å². The molecule has 1 aliphatic rings. The predicted octanol–water partition coefficient (Wildman–Crippen LogP) is 3.66. The maximum absolute atomic E-state index is 12.7. The molecule has 0 saturated heterocycles. The second-order valence-corrected chi connectivity index (χ2v) is 7.45. The van der Waals surface area contributed by atoms with Crippen molar-refractivity contribution in [3.05, 3.63) is 39.3 Å². The van der Waals surface area contributed by atoms with E-state index < -0.39 is 0 Å². The van der Waals surface area contributed by atoms with Gasteiger partial charge in [0.1, 0.15) is 18.1 Å². The van der Waals surface area contributed by atoms with Crippen LogP contribution in [0.1, 0.15) is 45.8 Å². The van der Waals surface area contributed by atoms with Crippen LogP contribution >= 0.6 is 11.3 Å². The molecule has 1 aromatic heterocycles. The summed E-state index contributed by atoms with van der Waals surface area (Å²) < 4.78 is 11.2. The van der Waals surface area contributed by atoms with E-state index in [1.165, 1.54) is 11.3 Å². The highest BCUT2D eigenvalue weighted by Gasteiger charge is 2.23. The van der Waals surface area contributed by atoms with E-state index in [0.717, 1.165) is 27.8 Å². The molecular formula is C18H22N2O3S. The molecular weight excluding hydrogens is 324 g/mol. The summed E-state index contributed by atoms with van der Waals surface area (Å²) in [6.45, 7) is 9.08. The topological polar surface area (TPSA) is 60.5 Å². The van der Waals surface area contributed by atoms with Gasteiger partial charge < -0.3 is 14.8 Å². The Bertz CT molecular complexity index is 755. The fourth-order valence-corrected chi connectivity index (χ4v) is 3.66. The quantitative estimate of drug-likeness (QED) is 0.918. The summed E-state index contributed by atoms with van der Waals surface area (Å²) in [5, 5.41) is 4.05. The number of ether oxygens (including phenoxy) is 2. The summed E-state index contributed by atoms with van der Waals surface area (Å²) in [4.78, 5) is 17.7. The first-order valence-corrected chi connectivity index (χ1v) is 8.92. The smallest absolute Gasteiger partial charge is 0.263 e. The molecule has 6 heteroatoms. The van der Waals surface area contributed by atoms with Crippen molar-refractivity contribution >= 4 is 17.2 Å². The molecule has 2 aromatic rings. The van der Waals surface area contributed by atoms with E-state index >= 15 is 0 Å². The van der Waals surface area contributed by atoms with E-state index in [9.17, 15) is 4.79 Å². The minimum absolute atomic E-state index is 0.0771. The summed E-state index contributed by atoms with van der Waals surface area (Å²) in [7, 11) is 0. The zero-order valence-corrected chi connectivity index (χ0v) is 15.2. The van der Waals surface area contributed by atoms with Gasteiger partial charge in [0.05, 0.1) is 16.7 Å². The first-order chi connectivity index (χ1) is 11.5. The van der Waals surface area contributed by atoms with Crippen LogP contribution in [0.4, 0.5) is 0 Å². The molecule has 0 unspecified atom stereocenters. The van der Waals surface area contributed by atoms with Gasteiger partial charge in [-0.2, -0.15) is 0 Å². The van der Waals surface area contributed by atoms with Crippen LogP contribution in [0.25, 0.3) is 0 Å². The van der Waals surface area contributed by atoms with Gasteiger partial charge in [0, 0.05) is 0 Å². The Hall–Kier alpha value is -2.08. The predicted molar refractivity (Wildman–Crippen MR) is 94.1 cm³/mol. The monoisotopic (exact) mass is 346 g/mol. The van der Waals surface area contributed by atoms with E-state index in [4.69, 9.17) is 9.47 Å². The number of benzene rings is 1. The van der Waals surface area contributed by atoms with Gasteiger partial charge in [0.25, 0.3) is 5.91 Å². The lowest BCUT2D eigenvalue weighted by Gasteiger charge is -2.25. The van der Waals surface area contributed by atoms with Crippen LogP contribution in [0.15, 0.2) is 18.2 Å². The average Bonchev–Trinajstić information content (AvgIpc) is 2.90. The van der Waals surface area contributed by atoms with Gasteiger partial charge in [-0.05, 0) is 37.5 Å². The average molecular weight is 346 g/mol. The summed E-state index contributed by atoms with van der Waals surface area (Å²) in [6, 6.07) is 5.76. The number of thiazole rings is 1. The van der Waals surface area contributed by atoms with E-state index in [1.54, 1.807) is 0 Å². The summed E-state index contributed by atoms with van der Waals surface area (Å²) in [5.74, 6) is 1.66. The van der Waals surface area contributed by atoms with Crippen molar-refractivity contribution in [2.75, 3.05) is 13.2 Å². The number of carbonyl (C=O) groups is 1. The number of amides is 1. The number of rotatable bonds is 4. The zero-order valence-electron chi connectivity index (χ0n) is 14.4. The molecule has 3 rings (SSSR count). The third-order valence-corrected chi connectivity index (χ3v) is 5.06. The molecule has 0 aliphatic carbocycles. The molecule has 0 spiro atoms. The van der Waals surface area contributed by atoms with Crippen LogP contribution in [0, 0.1) is 19.8 Å². The Morgan fingerprint density at radius 2 is 1.92 bits per heavy atom. The number of aryl methyl sites for hydroxylation is 2. The third kappa shape index (κ3) is 3.38. The molecule has 1 atom stereocenters. The molecule has 5 nitrogen and oxygen atoms in total. The zero-order chi connectivity index (χ0) is 17.3. The lowest BCUT2D eigenvalue weighted by Crippen LogP contribution is -2.31. The summed E-state index contributed by atoms with van der Waals surface area (Å²) >= 11 is 1.43. The molecule has 1 aliphatic heterocycles. The van der Waals surface area contributed by atoms with Gasteiger partial charge in [0.15, 0.2) is 11.5 Å². The number of hydrogen-bond donors (Lipinski definition) is 1. The van der Waals surface area contributed by atoms with Crippen molar-refractivity contribution in [3.63, 3.8) is 0 Å². The standard InChI is InChI=1S/C18H22N2O3S/c1-10(2)16(20-18(21)17-11(3)19-12(4)24-17)13-5-6-14-15(9-13)23-8-7-22-14/h5-6,9-10,16H,7-8H2,1-4H3,(H,20,21)/t16-/m1/s1. The minimum Gasteiger partial charge on any atom is -0.486 e. The van der Waals surface area contributed by atoms with Crippen molar-refractivity contribution in [2.45, 2.75) is 33.7 Å². The van der Waals surface area contributed by atoms with Gasteiger partial charge >= 0.3 is 0 Å². The molecule has 128 valence electrons. The van der Waals surface area contributed by atoms with Crippen LogP contribution < -0.4 is 14.8 Å². The van der Waals surface area contributed by atoms with Gasteiger partial charge in [-0.3, -0.25) is 4.79 Å². The number of nitrogens with zero attached hydrogens (tertiary/aromatic N) is 1. The Kier molecular flexibility index (Phi) is 4.76. The molecule has 1 aromatic carbocycles. The van der Waals surface area contributed by atoms with Gasteiger partial charge in [0.2, 0.25) is 0 Å². The molecule has 1 N–H and O–H groups in total. The van der Waals surface area contributed by atoms with Crippen molar-refractivity contribution in [1.29, 1.82) is 0 Å². The van der Waals surface area contributed by atoms with Gasteiger partial charge in [-0.25, -0.2) is 4.98 Å². The highest BCUT2D eigenvalue weighted by atomic mass is 32.1. The Morgan fingerprint density at radius 3 is 2.54 bits per heavy atom. The van der Waals surface area contributed by atoms with Gasteiger partial charge in [-0.1, -0.05) is 19.9 Å². The Labute approximate surface area is 146 Å². The van der Waals surface area contributed by atoms with E-state index in [0.29, 0.717) is 18.1 Å². The Morgan fingerprint density at radius 1 is 1.21 bits per heavy atom. The molecule has 0 fully saturated rings. The second kappa shape index (κ2) is 6.81. The van der Waals surface area contributed by atoms with Crippen LogP contribution in [-0.2, 0) is 0 Å². The normalized spacial score (nSPS) is 14.5. The van der Waals surface area contributed by atoms with E-state index in [-0.39, 0.29) is 17.9 Å². The Balaban J connectivity index is 1.85. The van der Waals surface area contributed by atoms with Crippen molar-refractivity contribution < 1.29 is 14.3 Å². The maximum Gasteiger partial charge on any atom is 0.263 e. The highest BCUT2D eigenvalue weighted by molar-refractivity contribution is 7.13. The molecule has 2 heterocycles. The number of carbonyl (C=O) groups excluding carboxylic acids is 1. The molecule has 24 heavy (non-hydrogen) atoms. The van der Waals surface area contributed by atoms with Crippen molar-refractivity contribution in [3.8, 4) is 11.5 Å². The summed E-state index contributed by atoms with van der Waals surface area (Å²) in [5.41, 5.74) is 1.79. The summed E-state index contributed by atoms with van der Waals surface area (Å²) in [6.07, 6.45) is 0. The lowest BCUT2D eigenvalue weighted by atomic mass is 9.95. The number of hydrogen-bond acceptors (Lipinski definition) is 5. The highest BCUT2D eigenvalue weighted by Crippen LogP contribution is 2.34. The SMILES string of the molecule is Cc1nc(C)c(C(=O)N[C@@H](c2ccc3c(c2)OCCO3)C(C)C)s1. The van der Waals surface area contributed by atoms with Crippen LogP contribution in [0.3, 0.4) is 0 Å². The van der Waals surface area contributed by atoms with Crippen LogP contribution in [0.5, 0.6) is 11.5 Å². The number of fused-ring (bicyclic) bond motifs is 1. The maximum atomic E-state index is 12.7. The van der Waals surface area contributed by atoms with E-state index in [1.807, 2.05) is 32.0 Å². The number of aromatic nitrogens is 1. The third-order valence-electron chi connectivity index (χ3n) is 3.99. The molecule has 1 amide bonds.